The van der Waals surface area contributed by atoms with E-state index in [0.717, 1.165) is 12.0 Å². The van der Waals surface area contributed by atoms with E-state index >= 15 is 0 Å². The van der Waals surface area contributed by atoms with Crippen molar-refractivity contribution >= 4 is 5.97 Å². The van der Waals surface area contributed by atoms with Crippen molar-refractivity contribution in [3.8, 4) is 0 Å². The lowest BCUT2D eigenvalue weighted by Gasteiger charge is -2.22. The molecule has 0 amide bonds. The standard InChI is InChI=1S/C14H20O4/c1-14(2,17-3)8-9-18-10-11-4-6-12(7-5-11)13(15)16/h4-7H,8-10H2,1-3H3,(H,15,16). The molecule has 1 rings (SSSR count). The van der Waals surface area contributed by atoms with Crippen molar-refractivity contribution in [3.05, 3.63) is 35.4 Å². The third kappa shape index (κ3) is 4.85. The molecule has 18 heavy (non-hydrogen) atoms. The van der Waals surface area contributed by atoms with Crippen LogP contribution < -0.4 is 0 Å². The summed E-state index contributed by atoms with van der Waals surface area (Å²) in [7, 11) is 1.69. The average molecular weight is 252 g/mol. The van der Waals surface area contributed by atoms with Crippen molar-refractivity contribution in [2.24, 2.45) is 0 Å². The molecule has 0 aliphatic rings. The number of methoxy groups -OCH3 is 1. The molecule has 0 bridgehead atoms. The Morgan fingerprint density at radius 3 is 2.39 bits per heavy atom. The van der Waals surface area contributed by atoms with Crippen LogP contribution in [0.1, 0.15) is 36.2 Å². The van der Waals surface area contributed by atoms with E-state index in [1.807, 2.05) is 13.8 Å². The van der Waals surface area contributed by atoms with E-state index in [2.05, 4.69) is 0 Å². The molecule has 0 saturated heterocycles. The van der Waals surface area contributed by atoms with Gasteiger partial charge in [0.2, 0.25) is 0 Å². The monoisotopic (exact) mass is 252 g/mol. The zero-order valence-electron chi connectivity index (χ0n) is 11.1. The van der Waals surface area contributed by atoms with Crippen LogP contribution in [-0.4, -0.2) is 30.4 Å². The zero-order valence-corrected chi connectivity index (χ0v) is 11.1. The first kappa shape index (κ1) is 14.7. The van der Waals surface area contributed by atoms with Crippen LogP contribution in [0.3, 0.4) is 0 Å². The van der Waals surface area contributed by atoms with Crippen molar-refractivity contribution in [1.29, 1.82) is 0 Å². The molecule has 0 aliphatic heterocycles. The number of ether oxygens (including phenoxy) is 2. The average Bonchev–Trinajstić information content (AvgIpc) is 2.35. The lowest BCUT2D eigenvalue weighted by atomic mass is 10.1. The van der Waals surface area contributed by atoms with E-state index in [0.29, 0.717) is 18.8 Å². The quantitative estimate of drug-likeness (QED) is 0.758. The van der Waals surface area contributed by atoms with Crippen LogP contribution in [0.15, 0.2) is 24.3 Å². The molecule has 0 aliphatic carbocycles. The van der Waals surface area contributed by atoms with Crippen molar-refractivity contribution in [2.75, 3.05) is 13.7 Å². The molecular formula is C14H20O4. The van der Waals surface area contributed by atoms with Crippen molar-refractivity contribution in [1.82, 2.24) is 0 Å². The van der Waals surface area contributed by atoms with Gasteiger partial charge in [-0.05, 0) is 38.0 Å². The predicted octanol–water partition coefficient (Wildman–Crippen LogP) is 2.72. The van der Waals surface area contributed by atoms with Crippen LogP contribution in [0.5, 0.6) is 0 Å². The first-order chi connectivity index (χ1) is 8.44. The van der Waals surface area contributed by atoms with Crippen LogP contribution in [0.25, 0.3) is 0 Å². The molecule has 0 unspecified atom stereocenters. The Labute approximate surface area is 108 Å². The minimum absolute atomic E-state index is 0.173. The normalized spacial score (nSPS) is 11.5. The van der Waals surface area contributed by atoms with Crippen LogP contribution in [0, 0.1) is 0 Å². The molecule has 0 radical (unpaired) electrons. The van der Waals surface area contributed by atoms with Crippen LogP contribution in [0.4, 0.5) is 0 Å². The van der Waals surface area contributed by atoms with E-state index < -0.39 is 5.97 Å². The Kier molecular flexibility index (Phi) is 5.31. The van der Waals surface area contributed by atoms with Crippen LogP contribution >= 0.6 is 0 Å². The summed E-state index contributed by atoms with van der Waals surface area (Å²) in [5.41, 5.74) is 1.09. The third-order valence-corrected chi connectivity index (χ3v) is 2.87. The fraction of sp³-hybridized carbons (Fsp3) is 0.500. The largest absolute Gasteiger partial charge is 0.478 e. The highest BCUT2D eigenvalue weighted by molar-refractivity contribution is 5.87. The number of hydrogen-bond donors (Lipinski definition) is 1. The summed E-state index contributed by atoms with van der Waals surface area (Å²) in [5, 5.41) is 8.76. The number of benzene rings is 1. The van der Waals surface area contributed by atoms with Crippen LogP contribution in [-0.2, 0) is 16.1 Å². The second-order valence-electron chi connectivity index (χ2n) is 4.77. The van der Waals surface area contributed by atoms with E-state index in [1.54, 1.807) is 31.4 Å². The summed E-state index contributed by atoms with van der Waals surface area (Å²) in [5.74, 6) is -0.913. The molecule has 1 aromatic rings. The molecule has 4 nitrogen and oxygen atoms in total. The molecule has 4 heteroatoms. The van der Waals surface area contributed by atoms with Gasteiger partial charge in [-0.15, -0.1) is 0 Å². The summed E-state index contributed by atoms with van der Waals surface area (Å²) < 4.78 is 10.8. The van der Waals surface area contributed by atoms with Gasteiger partial charge in [0.25, 0.3) is 0 Å². The number of carboxylic acids is 1. The van der Waals surface area contributed by atoms with Crippen molar-refractivity contribution in [3.63, 3.8) is 0 Å². The zero-order chi connectivity index (χ0) is 13.6. The lowest BCUT2D eigenvalue weighted by molar-refractivity contribution is -0.0124. The van der Waals surface area contributed by atoms with Gasteiger partial charge in [0, 0.05) is 13.7 Å². The molecule has 0 fully saturated rings. The Bertz CT molecular complexity index is 381. The maximum Gasteiger partial charge on any atom is 0.335 e. The maximum absolute atomic E-state index is 10.7. The fourth-order valence-electron chi connectivity index (χ4n) is 1.35. The number of rotatable bonds is 7. The maximum atomic E-state index is 10.7. The number of carboxylic acid groups (broad SMARTS) is 1. The number of hydrogen-bond acceptors (Lipinski definition) is 3. The van der Waals surface area contributed by atoms with Gasteiger partial charge in [-0.2, -0.15) is 0 Å². The summed E-state index contributed by atoms with van der Waals surface area (Å²) in [6.07, 6.45) is 0.816. The van der Waals surface area contributed by atoms with Gasteiger partial charge in [-0.3, -0.25) is 0 Å². The summed E-state index contributed by atoms with van der Waals surface area (Å²) >= 11 is 0. The summed E-state index contributed by atoms with van der Waals surface area (Å²) in [4.78, 5) is 10.7. The Morgan fingerprint density at radius 2 is 1.89 bits per heavy atom. The predicted molar refractivity (Wildman–Crippen MR) is 68.8 cm³/mol. The highest BCUT2D eigenvalue weighted by Gasteiger charge is 2.15. The summed E-state index contributed by atoms with van der Waals surface area (Å²) in [6.45, 7) is 5.12. The molecule has 1 aromatic carbocycles. The number of aromatic carboxylic acids is 1. The van der Waals surface area contributed by atoms with Gasteiger partial charge < -0.3 is 14.6 Å². The minimum atomic E-state index is -0.913. The smallest absolute Gasteiger partial charge is 0.335 e. The van der Waals surface area contributed by atoms with Gasteiger partial charge >= 0.3 is 5.97 Å². The van der Waals surface area contributed by atoms with E-state index in [-0.39, 0.29) is 5.60 Å². The highest BCUT2D eigenvalue weighted by Crippen LogP contribution is 2.13. The fourth-order valence-corrected chi connectivity index (χ4v) is 1.35. The topological polar surface area (TPSA) is 55.8 Å². The molecule has 1 N–H and O–H groups in total. The second kappa shape index (κ2) is 6.52. The van der Waals surface area contributed by atoms with Gasteiger partial charge in [0.15, 0.2) is 0 Å². The highest BCUT2D eigenvalue weighted by atomic mass is 16.5. The SMILES string of the molecule is COC(C)(C)CCOCc1ccc(C(=O)O)cc1. The Morgan fingerprint density at radius 1 is 1.28 bits per heavy atom. The summed E-state index contributed by atoms with van der Waals surface area (Å²) in [6, 6.07) is 6.70. The first-order valence-electron chi connectivity index (χ1n) is 5.90. The second-order valence-corrected chi connectivity index (χ2v) is 4.77. The van der Waals surface area contributed by atoms with Crippen LogP contribution in [0.2, 0.25) is 0 Å². The first-order valence-corrected chi connectivity index (χ1v) is 5.90. The van der Waals surface area contributed by atoms with Gasteiger partial charge in [0.05, 0.1) is 17.8 Å². The van der Waals surface area contributed by atoms with Crippen molar-refractivity contribution < 1.29 is 19.4 Å². The molecule has 0 aromatic heterocycles. The van der Waals surface area contributed by atoms with E-state index in [1.165, 1.54) is 0 Å². The molecular weight excluding hydrogens is 232 g/mol. The molecule has 0 spiro atoms. The third-order valence-electron chi connectivity index (χ3n) is 2.87. The molecule has 100 valence electrons. The molecule has 0 saturated carbocycles. The van der Waals surface area contributed by atoms with Gasteiger partial charge in [0.1, 0.15) is 0 Å². The lowest BCUT2D eigenvalue weighted by Crippen LogP contribution is -2.24. The number of carbonyl (C=O) groups is 1. The Balaban J connectivity index is 2.34. The van der Waals surface area contributed by atoms with Gasteiger partial charge in [-0.1, -0.05) is 12.1 Å². The minimum Gasteiger partial charge on any atom is -0.478 e. The molecule has 0 atom stereocenters. The Hall–Kier alpha value is -1.39. The van der Waals surface area contributed by atoms with Crippen molar-refractivity contribution in [2.45, 2.75) is 32.5 Å². The van der Waals surface area contributed by atoms with E-state index in [4.69, 9.17) is 14.6 Å². The molecule has 0 heterocycles. The van der Waals surface area contributed by atoms with Gasteiger partial charge in [-0.25, -0.2) is 4.79 Å². The van der Waals surface area contributed by atoms with E-state index in [9.17, 15) is 4.79 Å².